The molecule has 0 saturated carbocycles. The van der Waals surface area contributed by atoms with Gasteiger partial charge in [-0.15, -0.1) is 3.89 Å². The van der Waals surface area contributed by atoms with Gasteiger partial charge in [0.2, 0.25) is 5.91 Å². The maximum atomic E-state index is 13.0. The van der Waals surface area contributed by atoms with Gasteiger partial charge in [0, 0.05) is 26.1 Å². The number of hydrogen-bond donors (Lipinski definition) is 0. The lowest BCUT2D eigenvalue weighted by molar-refractivity contribution is -0.117. The van der Waals surface area contributed by atoms with E-state index in [9.17, 15) is 17.1 Å². The summed E-state index contributed by atoms with van der Waals surface area (Å²) in [6.45, 7) is 1.81. The quantitative estimate of drug-likeness (QED) is 0.787. The lowest BCUT2D eigenvalue weighted by atomic mass is 10.1. The van der Waals surface area contributed by atoms with Gasteiger partial charge in [0.1, 0.15) is 11.1 Å². The molecule has 1 aromatic heterocycles. The number of hydrogen-bond acceptors (Lipinski definition) is 5. The first-order chi connectivity index (χ1) is 10.4. The molecule has 3 heterocycles. The summed E-state index contributed by atoms with van der Waals surface area (Å²) < 4.78 is 34.9. The number of piperidine rings is 1. The highest BCUT2D eigenvalue weighted by atomic mass is 32.3. The van der Waals surface area contributed by atoms with Crippen molar-refractivity contribution in [3.8, 4) is 0 Å². The zero-order valence-corrected chi connectivity index (χ0v) is 12.9. The third-order valence-corrected chi connectivity index (χ3v) is 5.33. The molecule has 0 radical (unpaired) electrons. The first-order valence-electron chi connectivity index (χ1n) is 7.40. The minimum Gasteiger partial charge on any atom is -0.370 e. The van der Waals surface area contributed by atoms with E-state index in [0.717, 1.165) is 31.6 Å². The molecule has 120 valence electrons. The highest BCUT2D eigenvalue weighted by Gasteiger charge is 2.39. The lowest BCUT2D eigenvalue weighted by Gasteiger charge is -2.28. The van der Waals surface area contributed by atoms with E-state index < -0.39 is 21.4 Å². The van der Waals surface area contributed by atoms with Gasteiger partial charge < -0.3 is 4.90 Å². The van der Waals surface area contributed by atoms with Gasteiger partial charge in [-0.3, -0.25) is 9.69 Å². The Hall–Kier alpha value is -1.70. The van der Waals surface area contributed by atoms with E-state index >= 15 is 0 Å². The lowest BCUT2D eigenvalue weighted by Crippen LogP contribution is -2.30. The summed E-state index contributed by atoms with van der Waals surface area (Å²) in [7, 11) is -4.70. The molecule has 0 aromatic carbocycles. The van der Waals surface area contributed by atoms with Crippen LogP contribution in [0.2, 0.25) is 0 Å². The number of anilines is 2. The largest absolute Gasteiger partial charge is 0.370 e. The molecule has 2 aliphatic heterocycles. The topological polar surface area (TPSA) is 70.6 Å². The molecule has 3 rings (SSSR count). The Balaban J connectivity index is 1.74. The van der Waals surface area contributed by atoms with E-state index in [2.05, 4.69) is 9.88 Å². The summed E-state index contributed by atoms with van der Waals surface area (Å²) in [4.78, 5) is 19.6. The van der Waals surface area contributed by atoms with Crippen LogP contribution in [-0.2, 0) is 15.0 Å². The zero-order chi connectivity index (χ0) is 15.7. The van der Waals surface area contributed by atoms with Crippen LogP contribution in [0.15, 0.2) is 18.3 Å². The van der Waals surface area contributed by atoms with Crippen LogP contribution in [0.5, 0.6) is 0 Å². The van der Waals surface area contributed by atoms with Crippen molar-refractivity contribution in [1.29, 1.82) is 0 Å². The minimum absolute atomic E-state index is 0.173. The van der Waals surface area contributed by atoms with Crippen LogP contribution in [0, 0.1) is 0 Å². The van der Waals surface area contributed by atoms with Crippen molar-refractivity contribution >= 4 is 27.6 Å². The van der Waals surface area contributed by atoms with E-state index in [1.165, 1.54) is 11.3 Å². The SMILES string of the molecule is O=C1CC(S(=O)(=O)F)CN1c1ccc(N2CCCCC2)cn1. The molecule has 2 saturated heterocycles. The smallest absolute Gasteiger partial charge is 0.307 e. The van der Waals surface area contributed by atoms with Gasteiger partial charge in [0.25, 0.3) is 0 Å². The number of carbonyl (C=O) groups is 1. The minimum atomic E-state index is -4.70. The van der Waals surface area contributed by atoms with Crippen molar-refractivity contribution in [3.63, 3.8) is 0 Å². The molecule has 1 aromatic rings. The van der Waals surface area contributed by atoms with Crippen molar-refractivity contribution in [2.24, 2.45) is 0 Å². The molecule has 8 heteroatoms. The third-order valence-electron chi connectivity index (χ3n) is 4.22. The fraction of sp³-hybridized carbons (Fsp3) is 0.571. The predicted octanol–water partition coefficient (Wildman–Crippen LogP) is 1.48. The average molecular weight is 327 g/mol. The van der Waals surface area contributed by atoms with Crippen molar-refractivity contribution in [2.75, 3.05) is 29.4 Å². The first kappa shape index (κ1) is 15.2. The fourth-order valence-corrected chi connectivity index (χ4v) is 3.63. The number of carbonyl (C=O) groups excluding carboxylic acids is 1. The standard InChI is InChI=1S/C14H18FN3O3S/c15-22(20,21)12-8-14(19)18(10-12)13-5-4-11(9-16-13)17-6-2-1-3-7-17/h4-5,9,12H,1-3,6-8,10H2. The summed E-state index contributed by atoms with van der Waals surface area (Å²) >= 11 is 0. The molecule has 1 amide bonds. The molecular formula is C14H18FN3O3S. The number of amides is 1. The summed E-state index contributed by atoms with van der Waals surface area (Å²) in [5.74, 6) is -0.0404. The van der Waals surface area contributed by atoms with Crippen LogP contribution >= 0.6 is 0 Å². The Morgan fingerprint density at radius 3 is 2.45 bits per heavy atom. The van der Waals surface area contributed by atoms with Crippen molar-refractivity contribution in [3.05, 3.63) is 18.3 Å². The number of pyridine rings is 1. The third kappa shape index (κ3) is 3.06. The average Bonchev–Trinajstić information content (AvgIpc) is 2.90. The van der Waals surface area contributed by atoms with Gasteiger partial charge in [-0.25, -0.2) is 4.98 Å². The number of halogens is 1. The Morgan fingerprint density at radius 2 is 1.91 bits per heavy atom. The second-order valence-corrected chi connectivity index (χ2v) is 7.35. The van der Waals surface area contributed by atoms with E-state index in [4.69, 9.17) is 0 Å². The van der Waals surface area contributed by atoms with Crippen molar-refractivity contribution in [1.82, 2.24) is 4.98 Å². The van der Waals surface area contributed by atoms with Crippen molar-refractivity contribution < 1.29 is 17.1 Å². The molecule has 1 atom stereocenters. The second-order valence-electron chi connectivity index (χ2n) is 5.73. The first-order valence-corrected chi connectivity index (χ1v) is 8.84. The fourth-order valence-electron chi connectivity index (χ4n) is 2.96. The van der Waals surface area contributed by atoms with Crippen LogP contribution in [-0.4, -0.2) is 44.2 Å². The highest BCUT2D eigenvalue weighted by Crippen LogP contribution is 2.26. The number of nitrogens with zero attached hydrogens (tertiary/aromatic N) is 3. The Bertz CT molecular complexity index is 656. The predicted molar refractivity (Wildman–Crippen MR) is 81.1 cm³/mol. The summed E-state index contributed by atoms with van der Waals surface area (Å²) in [6, 6.07) is 3.56. The normalized spacial score (nSPS) is 23.1. The molecule has 0 bridgehead atoms. The molecule has 1 unspecified atom stereocenters. The van der Waals surface area contributed by atoms with Crippen molar-refractivity contribution in [2.45, 2.75) is 30.9 Å². The van der Waals surface area contributed by atoms with Gasteiger partial charge in [0.05, 0.1) is 11.9 Å². The number of aromatic nitrogens is 1. The van der Waals surface area contributed by atoms with Gasteiger partial charge in [-0.2, -0.15) is 8.42 Å². The molecule has 0 spiro atoms. The van der Waals surface area contributed by atoms with Gasteiger partial charge >= 0.3 is 10.2 Å². The monoisotopic (exact) mass is 327 g/mol. The molecular weight excluding hydrogens is 309 g/mol. The van der Waals surface area contributed by atoms with Gasteiger partial charge in [0.15, 0.2) is 0 Å². The summed E-state index contributed by atoms with van der Waals surface area (Å²) in [6.07, 6.45) is 4.91. The van der Waals surface area contributed by atoms with Gasteiger partial charge in [-0.05, 0) is 31.4 Å². The van der Waals surface area contributed by atoms with E-state index in [-0.39, 0.29) is 13.0 Å². The molecule has 0 aliphatic carbocycles. The van der Waals surface area contributed by atoms with E-state index in [1.54, 1.807) is 12.3 Å². The number of rotatable bonds is 3. The second kappa shape index (κ2) is 5.83. The molecule has 6 nitrogen and oxygen atoms in total. The zero-order valence-electron chi connectivity index (χ0n) is 12.1. The maximum Gasteiger partial charge on any atom is 0.307 e. The Labute approximate surface area is 129 Å². The maximum absolute atomic E-state index is 13.0. The van der Waals surface area contributed by atoms with E-state index in [1.807, 2.05) is 6.07 Å². The summed E-state index contributed by atoms with van der Waals surface area (Å²) in [5, 5.41) is -1.29. The van der Waals surface area contributed by atoms with Crippen LogP contribution in [0.4, 0.5) is 15.4 Å². The molecule has 0 N–H and O–H groups in total. The van der Waals surface area contributed by atoms with Crippen LogP contribution < -0.4 is 9.80 Å². The van der Waals surface area contributed by atoms with Gasteiger partial charge in [-0.1, -0.05) is 0 Å². The van der Waals surface area contributed by atoms with E-state index in [0.29, 0.717) is 5.82 Å². The van der Waals surface area contributed by atoms with Crippen LogP contribution in [0.1, 0.15) is 25.7 Å². The van der Waals surface area contributed by atoms with Crippen LogP contribution in [0.25, 0.3) is 0 Å². The Morgan fingerprint density at radius 1 is 1.18 bits per heavy atom. The molecule has 22 heavy (non-hydrogen) atoms. The highest BCUT2D eigenvalue weighted by molar-refractivity contribution is 7.87. The summed E-state index contributed by atoms with van der Waals surface area (Å²) in [5.41, 5.74) is 0.991. The Kier molecular flexibility index (Phi) is 4.03. The molecule has 2 aliphatic rings. The molecule has 2 fully saturated rings. The van der Waals surface area contributed by atoms with Crippen LogP contribution in [0.3, 0.4) is 0 Å².